The van der Waals surface area contributed by atoms with Crippen molar-refractivity contribution in [3.05, 3.63) is 41.3 Å². The van der Waals surface area contributed by atoms with E-state index in [4.69, 9.17) is 4.74 Å². The van der Waals surface area contributed by atoms with E-state index < -0.39 is 22.2 Å². The number of thiophene rings is 1. The lowest BCUT2D eigenvalue weighted by Crippen LogP contribution is -2.50. The molecule has 3 atom stereocenters. The number of nitrogens with one attached hydrogen (secondary N) is 2. The van der Waals surface area contributed by atoms with Gasteiger partial charge in [0.1, 0.15) is 10.3 Å². The predicted octanol–water partition coefficient (Wildman–Crippen LogP) is 3.74. The van der Waals surface area contributed by atoms with Crippen LogP contribution in [0.1, 0.15) is 56.3 Å². The molecule has 0 radical (unpaired) electrons. The van der Waals surface area contributed by atoms with Crippen LogP contribution in [0, 0.1) is 5.92 Å². The van der Waals surface area contributed by atoms with Crippen molar-refractivity contribution in [2.75, 3.05) is 32.1 Å². The Morgan fingerprint density at radius 1 is 1.23 bits per heavy atom. The van der Waals surface area contributed by atoms with Crippen LogP contribution in [0.3, 0.4) is 0 Å². The van der Waals surface area contributed by atoms with Gasteiger partial charge < -0.3 is 25.4 Å². The van der Waals surface area contributed by atoms with Crippen LogP contribution >= 0.6 is 11.3 Å². The minimum Gasteiger partial charge on any atom is -0.486 e. The summed E-state index contributed by atoms with van der Waals surface area (Å²) in [5.41, 5.74) is 0.570. The van der Waals surface area contributed by atoms with E-state index >= 15 is 0 Å². The number of carbonyl (C=O) groups is 2. The van der Waals surface area contributed by atoms with E-state index in [1.54, 1.807) is 47.5 Å². The molecule has 3 N–H and O–H groups in total. The van der Waals surface area contributed by atoms with Gasteiger partial charge in [0.2, 0.25) is 0 Å². The van der Waals surface area contributed by atoms with Gasteiger partial charge in [-0.1, -0.05) is 38.3 Å². The van der Waals surface area contributed by atoms with Gasteiger partial charge in [0, 0.05) is 25.6 Å². The molecule has 1 aromatic heterocycles. The first-order valence-electron chi connectivity index (χ1n) is 13.4. The van der Waals surface area contributed by atoms with Crippen molar-refractivity contribution in [3.8, 4) is 5.75 Å². The summed E-state index contributed by atoms with van der Waals surface area (Å²) in [5, 5.41) is 17.5. The molecule has 1 aliphatic heterocycles. The number of benzene rings is 1. The van der Waals surface area contributed by atoms with E-state index in [1.165, 1.54) is 17.8 Å². The second kappa shape index (κ2) is 12.7. The standard InChI is InChI=1S/C27H38N4O6S2/c1-18-15-31(19(2)17-32)26(33)21-11-7-12-22(29-27(34)28-20-9-5-4-6-10-20)25(21)37-23(18)16-30(3)39(35,36)24-13-8-14-38-24/h7-8,11-14,18-20,23,32H,4-6,9-10,15-17H2,1-3H3,(H2,28,29,34)/t18-,19-,23+/m1/s1. The maximum atomic E-state index is 13.6. The quantitative estimate of drug-likeness (QED) is 0.438. The average molecular weight is 579 g/mol. The monoisotopic (exact) mass is 578 g/mol. The van der Waals surface area contributed by atoms with E-state index in [-0.39, 0.29) is 59.1 Å². The zero-order valence-electron chi connectivity index (χ0n) is 22.6. The smallest absolute Gasteiger partial charge is 0.319 e. The van der Waals surface area contributed by atoms with E-state index in [1.807, 2.05) is 6.92 Å². The lowest BCUT2D eigenvalue weighted by Gasteiger charge is -2.38. The van der Waals surface area contributed by atoms with E-state index in [2.05, 4.69) is 10.6 Å². The average Bonchev–Trinajstić information content (AvgIpc) is 3.47. The summed E-state index contributed by atoms with van der Waals surface area (Å²) in [6.07, 6.45) is 4.52. The summed E-state index contributed by atoms with van der Waals surface area (Å²) in [6.45, 7) is 3.70. The normalized spacial score (nSPS) is 21.5. The van der Waals surface area contributed by atoms with Crippen LogP contribution in [0.2, 0.25) is 0 Å². The van der Waals surface area contributed by atoms with Crippen LogP contribution in [0.4, 0.5) is 10.5 Å². The van der Waals surface area contributed by atoms with Gasteiger partial charge in [0.05, 0.1) is 30.4 Å². The fourth-order valence-electron chi connectivity index (χ4n) is 5.07. The number of aliphatic hydroxyl groups excluding tert-OH is 1. The highest BCUT2D eigenvalue weighted by Gasteiger charge is 2.36. The second-order valence-electron chi connectivity index (χ2n) is 10.5. The lowest BCUT2D eigenvalue weighted by atomic mass is 9.96. The number of aliphatic hydroxyl groups is 1. The molecule has 1 aliphatic carbocycles. The number of nitrogens with zero attached hydrogens (tertiary/aromatic N) is 2. The molecule has 3 amide bonds. The zero-order chi connectivity index (χ0) is 28.2. The Kier molecular flexibility index (Phi) is 9.52. The third kappa shape index (κ3) is 6.74. The van der Waals surface area contributed by atoms with Gasteiger partial charge in [-0.2, -0.15) is 4.31 Å². The minimum absolute atomic E-state index is 0.0268. The molecule has 4 rings (SSSR count). The molecule has 12 heteroatoms. The number of rotatable bonds is 8. The fourth-order valence-corrected chi connectivity index (χ4v) is 7.45. The molecule has 1 fully saturated rings. The molecule has 2 heterocycles. The van der Waals surface area contributed by atoms with Crippen LogP contribution < -0.4 is 15.4 Å². The number of carbonyl (C=O) groups excluding carboxylic acids is 2. The Labute approximate surface area is 234 Å². The van der Waals surface area contributed by atoms with E-state index in [9.17, 15) is 23.1 Å². The molecule has 0 saturated heterocycles. The molecule has 214 valence electrons. The van der Waals surface area contributed by atoms with Gasteiger partial charge in [-0.15, -0.1) is 11.3 Å². The number of likely N-dealkylation sites (N-methyl/N-ethyl adjacent to an activating group) is 1. The molecule has 1 aromatic carbocycles. The van der Waals surface area contributed by atoms with Gasteiger partial charge in [0.15, 0.2) is 5.75 Å². The summed E-state index contributed by atoms with van der Waals surface area (Å²) in [7, 11) is -2.23. The highest BCUT2D eigenvalue weighted by Crippen LogP contribution is 2.35. The Morgan fingerprint density at radius 2 is 1.97 bits per heavy atom. The van der Waals surface area contributed by atoms with Gasteiger partial charge in [-0.3, -0.25) is 4.79 Å². The van der Waals surface area contributed by atoms with Crippen molar-refractivity contribution in [2.45, 2.75) is 68.3 Å². The van der Waals surface area contributed by atoms with Crippen LogP contribution in [0.25, 0.3) is 0 Å². The summed E-state index contributed by atoms with van der Waals surface area (Å²) in [4.78, 5) is 28.1. The number of anilines is 1. The molecular formula is C27H38N4O6S2. The van der Waals surface area contributed by atoms with Crippen LogP contribution in [0.5, 0.6) is 5.75 Å². The Morgan fingerprint density at radius 3 is 2.64 bits per heavy atom. The minimum atomic E-state index is -3.74. The van der Waals surface area contributed by atoms with Crippen molar-refractivity contribution in [1.29, 1.82) is 0 Å². The van der Waals surface area contributed by atoms with Gasteiger partial charge in [-0.25, -0.2) is 13.2 Å². The molecule has 0 spiro atoms. The van der Waals surface area contributed by atoms with Crippen molar-refractivity contribution in [2.24, 2.45) is 5.92 Å². The number of urea groups is 1. The number of sulfonamides is 1. The third-order valence-corrected chi connectivity index (χ3v) is 10.7. The first kappa shape index (κ1) is 29.3. The molecule has 2 aliphatic rings. The lowest BCUT2D eigenvalue weighted by molar-refractivity contribution is 0.0389. The summed E-state index contributed by atoms with van der Waals surface area (Å²) >= 11 is 1.14. The highest BCUT2D eigenvalue weighted by atomic mass is 32.2. The highest BCUT2D eigenvalue weighted by molar-refractivity contribution is 7.91. The largest absolute Gasteiger partial charge is 0.486 e. The molecule has 1 saturated carbocycles. The first-order valence-corrected chi connectivity index (χ1v) is 15.7. The van der Waals surface area contributed by atoms with Gasteiger partial charge in [0.25, 0.3) is 15.9 Å². The number of para-hydroxylation sites is 1. The Balaban J connectivity index is 1.65. The predicted molar refractivity (Wildman–Crippen MR) is 151 cm³/mol. The number of fused-ring (bicyclic) bond motifs is 1. The van der Waals surface area contributed by atoms with E-state index in [0.717, 1.165) is 37.0 Å². The molecule has 2 aromatic rings. The first-order chi connectivity index (χ1) is 18.6. The zero-order valence-corrected chi connectivity index (χ0v) is 24.3. The topological polar surface area (TPSA) is 128 Å². The van der Waals surface area contributed by atoms with Crippen molar-refractivity contribution < 1.29 is 27.9 Å². The van der Waals surface area contributed by atoms with Gasteiger partial charge >= 0.3 is 6.03 Å². The number of amides is 3. The SMILES string of the molecule is C[C@@H]1CN([C@H](C)CO)C(=O)c2cccc(NC(=O)NC3CCCCC3)c2O[C@H]1CN(C)S(=O)(=O)c1cccs1. The molecule has 39 heavy (non-hydrogen) atoms. The summed E-state index contributed by atoms with van der Waals surface area (Å²) in [5.74, 6) is -0.427. The van der Waals surface area contributed by atoms with Crippen molar-refractivity contribution >= 4 is 39.0 Å². The molecular weight excluding hydrogens is 540 g/mol. The Bertz CT molecular complexity index is 1250. The van der Waals surface area contributed by atoms with Crippen LogP contribution in [0.15, 0.2) is 39.9 Å². The Hall–Kier alpha value is -2.67. The molecule has 0 unspecified atom stereocenters. The third-order valence-electron chi connectivity index (χ3n) is 7.48. The number of hydrogen-bond donors (Lipinski definition) is 3. The summed E-state index contributed by atoms with van der Waals surface area (Å²) in [6, 6.07) is 7.46. The summed E-state index contributed by atoms with van der Waals surface area (Å²) < 4.78 is 34.2. The number of ether oxygens (including phenoxy) is 1. The van der Waals surface area contributed by atoms with E-state index in [0.29, 0.717) is 5.69 Å². The molecule has 0 bridgehead atoms. The van der Waals surface area contributed by atoms with Crippen LogP contribution in [-0.2, 0) is 10.0 Å². The maximum absolute atomic E-state index is 13.6. The molecule has 10 nitrogen and oxygen atoms in total. The maximum Gasteiger partial charge on any atom is 0.319 e. The van der Waals surface area contributed by atoms with Gasteiger partial charge in [-0.05, 0) is 43.3 Å². The second-order valence-corrected chi connectivity index (χ2v) is 13.7. The van der Waals surface area contributed by atoms with Crippen LogP contribution in [-0.4, -0.2) is 79.6 Å². The van der Waals surface area contributed by atoms with Crippen molar-refractivity contribution in [1.82, 2.24) is 14.5 Å². The number of hydrogen-bond acceptors (Lipinski definition) is 7. The van der Waals surface area contributed by atoms with Crippen molar-refractivity contribution in [3.63, 3.8) is 0 Å². The fraction of sp³-hybridized carbons (Fsp3) is 0.556.